The monoisotopic (exact) mass is 256 g/mol. The Kier molecular flexibility index (Phi) is 2.95. The van der Waals surface area contributed by atoms with Gasteiger partial charge in [0.2, 0.25) is 0 Å². The zero-order valence-corrected chi connectivity index (χ0v) is 10.5. The summed E-state index contributed by atoms with van der Waals surface area (Å²) in [6.45, 7) is 0. The van der Waals surface area contributed by atoms with Crippen LogP contribution >= 0.6 is 0 Å². The van der Waals surface area contributed by atoms with Gasteiger partial charge in [0.15, 0.2) is 5.69 Å². The normalized spacial score (nSPS) is 14.9. The van der Waals surface area contributed by atoms with Gasteiger partial charge in [0.1, 0.15) is 0 Å². The van der Waals surface area contributed by atoms with Gasteiger partial charge in [-0.1, -0.05) is 12.1 Å². The fourth-order valence-electron chi connectivity index (χ4n) is 2.09. The number of anilines is 1. The SMILES string of the molecule is Nc1ccccc1-n1ccc(C(=O)NC2CCC2)n1. The summed E-state index contributed by atoms with van der Waals surface area (Å²) < 4.78 is 1.63. The van der Waals surface area contributed by atoms with Crippen LogP contribution in [0.5, 0.6) is 0 Å². The number of hydrogen-bond acceptors (Lipinski definition) is 3. The molecule has 1 heterocycles. The molecule has 0 aliphatic heterocycles. The first-order chi connectivity index (χ1) is 9.24. The average Bonchev–Trinajstić information content (AvgIpc) is 2.83. The molecule has 5 heteroatoms. The molecule has 2 aromatic rings. The first-order valence-electron chi connectivity index (χ1n) is 6.45. The Morgan fingerprint density at radius 2 is 2.11 bits per heavy atom. The smallest absolute Gasteiger partial charge is 0.272 e. The topological polar surface area (TPSA) is 72.9 Å². The van der Waals surface area contributed by atoms with Gasteiger partial charge in [-0.25, -0.2) is 4.68 Å². The van der Waals surface area contributed by atoms with Crippen molar-refractivity contribution >= 4 is 11.6 Å². The molecule has 1 aromatic heterocycles. The highest BCUT2D eigenvalue weighted by Gasteiger charge is 2.21. The molecule has 0 bridgehead atoms. The number of nitrogens with two attached hydrogens (primary N) is 1. The quantitative estimate of drug-likeness (QED) is 0.821. The van der Waals surface area contributed by atoms with Gasteiger partial charge in [-0.2, -0.15) is 5.10 Å². The van der Waals surface area contributed by atoms with Crippen molar-refractivity contribution < 1.29 is 4.79 Å². The van der Waals surface area contributed by atoms with E-state index in [1.165, 1.54) is 6.42 Å². The van der Waals surface area contributed by atoms with E-state index >= 15 is 0 Å². The maximum atomic E-state index is 12.0. The lowest BCUT2D eigenvalue weighted by Gasteiger charge is -2.25. The Morgan fingerprint density at radius 3 is 2.79 bits per heavy atom. The van der Waals surface area contributed by atoms with Crippen LogP contribution in [0.25, 0.3) is 5.69 Å². The third-order valence-electron chi connectivity index (χ3n) is 3.45. The third kappa shape index (κ3) is 2.31. The molecule has 0 saturated heterocycles. The zero-order chi connectivity index (χ0) is 13.2. The number of carbonyl (C=O) groups is 1. The summed E-state index contributed by atoms with van der Waals surface area (Å²) >= 11 is 0. The van der Waals surface area contributed by atoms with E-state index in [-0.39, 0.29) is 5.91 Å². The molecule has 3 N–H and O–H groups in total. The predicted molar refractivity (Wildman–Crippen MR) is 73.1 cm³/mol. The lowest BCUT2D eigenvalue weighted by molar-refractivity contribution is 0.0911. The van der Waals surface area contributed by atoms with E-state index in [9.17, 15) is 4.79 Å². The number of nitrogens with zero attached hydrogens (tertiary/aromatic N) is 2. The largest absolute Gasteiger partial charge is 0.397 e. The van der Waals surface area contributed by atoms with Crippen molar-refractivity contribution in [3.8, 4) is 5.69 Å². The van der Waals surface area contributed by atoms with Crippen molar-refractivity contribution in [1.82, 2.24) is 15.1 Å². The third-order valence-corrected chi connectivity index (χ3v) is 3.45. The minimum absolute atomic E-state index is 0.113. The summed E-state index contributed by atoms with van der Waals surface area (Å²) in [6.07, 6.45) is 5.08. The Labute approximate surface area is 111 Å². The van der Waals surface area contributed by atoms with Gasteiger partial charge in [-0.05, 0) is 37.5 Å². The number of amides is 1. The summed E-state index contributed by atoms with van der Waals surface area (Å²) in [4.78, 5) is 12.0. The van der Waals surface area contributed by atoms with Crippen LogP contribution in [0.2, 0.25) is 0 Å². The molecule has 19 heavy (non-hydrogen) atoms. The van der Waals surface area contributed by atoms with Gasteiger partial charge >= 0.3 is 0 Å². The van der Waals surface area contributed by atoms with E-state index in [1.807, 2.05) is 24.3 Å². The molecule has 0 spiro atoms. The van der Waals surface area contributed by atoms with E-state index in [2.05, 4.69) is 10.4 Å². The van der Waals surface area contributed by atoms with E-state index in [0.29, 0.717) is 17.4 Å². The zero-order valence-electron chi connectivity index (χ0n) is 10.5. The number of nitrogens with one attached hydrogen (secondary N) is 1. The van der Waals surface area contributed by atoms with Crippen LogP contribution in [0.1, 0.15) is 29.8 Å². The second-order valence-electron chi connectivity index (χ2n) is 4.81. The molecule has 1 fully saturated rings. The van der Waals surface area contributed by atoms with Crippen LogP contribution in [0.15, 0.2) is 36.5 Å². The number of para-hydroxylation sites is 2. The van der Waals surface area contributed by atoms with Crippen LogP contribution in [-0.2, 0) is 0 Å². The van der Waals surface area contributed by atoms with Gasteiger partial charge in [0.25, 0.3) is 5.91 Å². The molecule has 3 rings (SSSR count). The van der Waals surface area contributed by atoms with Crippen molar-refractivity contribution in [2.24, 2.45) is 0 Å². The number of carbonyl (C=O) groups excluding carboxylic acids is 1. The number of benzene rings is 1. The molecule has 0 radical (unpaired) electrons. The van der Waals surface area contributed by atoms with E-state index in [0.717, 1.165) is 18.5 Å². The number of hydrogen-bond donors (Lipinski definition) is 2. The van der Waals surface area contributed by atoms with Crippen molar-refractivity contribution in [3.05, 3.63) is 42.2 Å². The molecule has 1 aliphatic carbocycles. The molecule has 1 saturated carbocycles. The van der Waals surface area contributed by atoms with Crippen LogP contribution in [0.3, 0.4) is 0 Å². The molecule has 1 aromatic carbocycles. The van der Waals surface area contributed by atoms with Gasteiger partial charge in [0.05, 0.1) is 11.4 Å². The fraction of sp³-hybridized carbons (Fsp3) is 0.286. The highest BCUT2D eigenvalue weighted by atomic mass is 16.2. The molecule has 1 amide bonds. The second-order valence-corrected chi connectivity index (χ2v) is 4.81. The molecule has 0 atom stereocenters. The molecule has 1 aliphatic rings. The van der Waals surface area contributed by atoms with E-state index in [4.69, 9.17) is 5.73 Å². The molecular weight excluding hydrogens is 240 g/mol. The van der Waals surface area contributed by atoms with Crippen molar-refractivity contribution in [2.45, 2.75) is 25.3 Å². The Hall–Kier alpha value is -2.30. The Bertz CT molecular complexity index is 601. The average molecular weight is 256 g/mol. The van der Waals surface area contributed by atoms with Crippen molar-refractivity contribution in [2.75, 3.05) is 5.73 Å². The molecule has 98 valence electrons. The van der Waals surface area contributed by atoms with Crippen molar-refractivity contribution in [3.63, 3.8) is 0 Å². The van der Waals surface area contributed by atoms with Crippen LogP contribution in [-0.4, -0.2) is 21.7 Å². The molecule has 5 nitrogen and oxygen atoms in total. The summed E-state index contributed by atoms with van der Waals surface area (Å²) in [5, 5.41) is 7.24. The predicted octanol–water partition coefficient (Wildman–Crippen LogP) is 1.74. The van der Waals surface area contributed by atoms with Crippen LogP contribution < -0.4 is 11.1 Å². The van der Waals surface area contributed by atoms with Gasteiger partial charge < -0.3 is 11.1 Å². The molecular formula is C14H16N4O. The Balaban J connectivity index is 1.79. The van der Waals surface area contributed by atoms with Gasteiger partial charge in [-0.3, -0.25) is 4.79 Å². The lowest BCUT2D eigenvalue weighted by Crippen LogP contribution is -2.39. The van der Waals surface area contributed by atoms with E-state index < -0.39 is 0 Å². The maximum Gasteiger partial charge on any atom is 0.272 e. The summed E-state index contributed by atoms with van der Waals surface area (Å²) in [6, 6.07) is 9.47. The van der Waals surface area contributed by atoms with Gasteiger partial charge in [0, 0.05) is 12.2 Å². The molecule has 0 unspecified atom stereocenters. The lowest BCUT2D eigenvalue weighted by atomic mass is 9.93. The highest BCUT2D eigenvalue weighted by Crippen LogP contribution is 2.19. The minimum atomic E-state index is -0.113. The number of nitrogen functional groups attached to an aromatic ring is 1. The first-order valence-corrected chi connectivity index (χ1v) is 6.45. The number of rotatable bonds is 3. The van der Waals surface area contributed by atoms with E-state index in [1.54, 1.807) is 16.9 Å². The summed E-state index contributed by atoms with van der Waals surface area (Å²) in [5.74, 6) is -0.113. The van der Waals surface area contributed by atoms with Crippen LogP contribution in [0, 0.1) is 0 Å². The van der Waals surface area contributed by atoms with Crippen LogP contribution in [0.4, 0.5) is 5.69 Å². The highest BCUT2D eigenvalue weighted by molar-refractivity contribution is 5.92. The Morgan fingerprint density at radius 1 is 1.32 bits per heavy atom. The summed E-state index contributed by atoms with van der Waals surface area (Å²) in [5.41, 5.74) is 7.73. The summed E-state index contributed by atoms with van der Waals surface area (Å²) in [7, 11) is 0. The maximum absolute atomic E-state index is 12.0. The standard InChI is InChI=1S/C14H16N4O/c15-11-6-1-2-7-13(11)18-9-8-12(17-18)14(19)16-10-4-3-5-10/h1-2,6-10H,3-5,15H2,(H,16,19). The van der Waals surface area contributed by atoms with Crippen molar-refractivity contribution in [1.29, 1.82) is 0 Å². The number of aromatic nitrogens is 2. The first kappa shape index (κ1) is 11.8. The second kappa shape index (κ2) is 4.76. The van der Waals surface area contributed by atoms with Gasteiger partial charge in [-0.15, -0.1) is 0 Å². The fourth-order valence-corrected chi connectivity index (χ4v) is 2.09. The minimum Gasteiger partial charge on any atom is -0.397 e.